The molecule has 1 aromatic heterocycles. The first-order chi connectivity index (χ1) is 13.8. The SMILES string of the molecule is O[C@@H]1[C@@H](O)[C@H](O[C@@H]2CO[C@@H](Oc3c[nH]c4ccc(Br)cc34)[C@H](O)[C@H]2O)OC[C@H]1O. The first-order valence-corrected chi connectivity index (χ1v) is 9.86. The molecule has 4 rings (SSSR count). The van der Waals surface area contributed by atoms with Crippen LogP contribution in [0.1, 0.15) is 0 Å². The molecule has 2 fully saturated rings. The molecule has 1 aromatic carbocycles. The lowest BCUT2D eigenvalue weighted by Gasteiger charge is -2.41. The van der Waals surface area contributed by atoms with Crippen molar-refractivity contribution in [2.75, 3.05) is 13.2 Å². The van der Waals surface area contributed by atoms with Crippen molar-refractivity contribution in [2.24, 2.45) is 0 Å². The highest BCUT2D eigenvalue weighted by atomic mass is 79.9. The van der Waals surface area contributed by atoms with Crippen LogP contribution in [0.2, 0.25) is 0 Å². The number of rotatable bonds is 4. The van der Waals surface area contributed by atoms with E-state index in [0.29, 0.717) is 5.75 Å². The molecule has 0 unspecified atom stereocenters. The Morgan fingerprint density at radius 2 is 1.66 bits per heavy atom. The van der Waals surface area contributed by atoms with Gasteiger partial charge in [-0.05, 0) is 18.2 Å². The molecule has 0 amide bonds. The quantitative estimate of drug-likeness (QED) is 0.333. The number of halogens is 1. The Balaban J connectivity index is 1.40. The van der Waals surface area contributed by atoms with Gasteiger partial charge in [0.1, 0.15) is 42.4 Å². The molecule has 2 aliphatic heterocycles. The molecule has 8 atom stereocenters. The second kappa shape index (κ2) is 8.46. The Kier molecular flexibility index (Phi) is 6.11. The molecule has 6 N–H and O–H groups in total. The monoisotopic (exact) mass is 475 g/mol. The Morgan fingerprint density at radius 1 is 0.931 bits per heavy atom. The maximum absolute atomic E-state index is 10.4. The van der Waals surface area contributed by atoms with Crippen LogP contribution < -0.4 is 4.74 Å². The van der Waals surface area contributed by atoms with Crippen molar-refractivity contribution in [3.8, 4) is 5.75 Å². The number of aromatic amines is 1. The number of hydrogen-bond acceptors (Lipinski definition) is 9. The minimum absolute atomic E-state index is 0.153. The molecule has 3 heterocycles. The minimum Gasteiger partial charge on any atom is -0.460 e. The largest absolute Gasteiger partial charge is 0.460 e. The van der Waals surface area contributed by atoms with E-state index in [9.17, 15) is 25.5 Å². The highest BCUT2D eigenvalue weighted by Gasteiger charge is 2.45. The molecule has 10 nitrogen and oxygen atoms in total. The van der Waals surface area contributed by atoms with Gasteiger partial charge in [-0.2, -0.15) is 0 Å². The van der Waals surface area contributed by atoms with Crippen molar-refractivity contribution in [2.45, 2.75) is 49.2 Å². The molecular weight excluding hydrogens is 454 g/mol. The van der Waals surface area contributed by atoms with Gasteiger partial charge in [0.15, 0.2) is 6.29 Å². The Labute approximate surface area is 173 Å². The molecule has 0 aliphatic carbocycles. The fraction of sp³-hybridized carbons (Fsp3) is 0.556. The third kappa shape index (κ3) is 4.15. The maximum Gasteiger partial charge on any atom is 0.228 e. The highest BCUT2D eigenvalue weighted by molar-refractivity contribution is 9.10. The van der Waals surface area contributed by atoms with Crippen molar-refractivity contribution >= 4 is 26.8 Å². The Morgan fingerprint density at radius 3 is 2.45 bits per heavy atom. The van der Waals surface area contributed by atoms with Crippen LogP contribution >= 0.6 is 15.9 Å². The molecular formula is C18H22BrNO9. The molecule has 0 bridgehead atoms. The average Bonchev–Trinajstić information content (AvgIpc) is 3.09. The zero-order valence-electron chi connectivity index (χ0n) is 15.1. The van der Waals surface area contributed by atoms with E-state index in [1.807, 2.05) is 18.2 Å². The number of ether oxygens (including phenoxy) is 4. The predicted molar refractivity (Wildman–Crippen MR) is 101 cm³/mol. The van der Waals surface area contributed by atoms with Crippen LogP contribution in [0, 0.1) is 0 Å². The molecule has 0 spiro atoms. The van der Waals surface area contributed by atoms with Gasteiger partial charge < -0.3 is 49.5 Å². The summed E-state index contributed by atoms with van der Waals surface area (Å²) in [6.45, 7) is -0.392. The van der Waals surface area contributed by atoms with Gasteiger partial charge in [0, 0.05) is 21.6 Å². The Hall–Kier alpha value is -1.28. The zero-order chi connectivity index (χ0) is 20.7. The van der Waals surface area contributed by atoms with Gasteiger partial charge >= 0.3 is 0 Å². The fourth-order valence-corrected chi connectivity index (χ4v) is 3.71. The predicted octanol–water partition coefficient (Wildman–Crippen LogP) is -0.789. The third-order valence-electron chi connectivity index (χ3n) is 5.05. The van der Waals surface area contributed by atoms with E-state index in [2.05, 4.69) is 20.9 Å². The first kappa shape index (κ1) is 21.0. The number of hydrogen-bond donors (Lipinski definition) is 6. The molecule has 0 saturated carbocycles. The second-order valence-electron chi connectivity index (χ2n) is 7.07. The van der Waals surface area contributed by atoms with Crippen molar-refractivity contribution in [1.82, 2.24) is 4.98 Å². The number of aromatic nitrogens is 1. The second-order valence-corrected chi connectivity index (χ2v) is 7.98. The molecule has 2 saturated heterocycles. The maximum atomic E-state index is 10.4. The summed E-state index contributed by atoms with van der Waals surface area (Å²) in [5.74, 6) is 0.445. The van der Waals surface area contributed by atoms with Gasteiger partial charge in [0.25, 0.3) is 0 Å². The lowest BCUT2D eigenvalue weighted by atomic mass is 10.0. The van der Waals surface area contributed by atoms with Gasteiger partial charge in [0.05, 0.1) is 13.2 Å². The van der Waals surface area contributed by atoms with Crippen LogP contribution in [-0.2, 0) is 14.2 Å². The van der Waals surface area contributed by atoms with Crippen molar-refractivity contribution in [3.63, 3.8) is 0 Å². The van der Waals surface area contributed by atoms with E-state index in [1.165, 1.54) is 0 Å². The van der Waals surface area contributed by atoms with Crippen molar-refractivity contribution in [1.29, 1.82) is 0 Å². The van der Waals surface area contributed by atoms with E-state index in [1.54, 1.807) is 6.20 Å². The van der Waals surface area contributed by atoms with Crippen molar-refractivity contribution in [3.05, 3.63) is 28.9 Å². The van der Waals surface area contributed by atoms with Gasteiger partial charge in [-0.15, -0.1) is 0 Å². The zero-order valence-corrected chi connectivity index (χ0v) is 16.7. The van der Waals surface area contributed by atoms with Gasteiger partial charge in [0.2, 0.25) is 6.29 Å². The molecule has 29 heavy (non-hydrogen) atoms. The van der Waals surface area contributed by atoms with Crippen molar-refractivity contribution < 1.29 is 44.5 Å². The lowest BCUT2D eigenvalue weighted by molar-refractivity contribution is -0.320. The normalized spacial score (nSPS) is 38.3. The summed E-state index contributed by atoms with van der Waals surface area (Å²) in [6.07, 6.45) is -8.88. The minimum atomic E-state index is -1.51. The summed E-state index contributed by atoms with van der Waals surface area (Å²) in [5.41, 5.74) is 0.833. The van der Waals surface area contributed by atoms with Crippen LogP contribution in [0.5, 0.6) is 5.75 Å². The van der Waals surface area contributed by atoms with E-state index in [4.69, 9.17) is 18.9 Å². The summed E-state index contributed by atoms with van der Waals surface area (Å²) in [7, 11) is 0. The van der Waals surface area contributed by atoms with Gasteiger partial charge in [-0.25, -0.2) is 0 Å². The summed E-state index contributed by atoms with van der Waals surface area (Å²) >= 11 is 3.39. The number of nitrogens with one attached hydrogen (secondary N) is 1. The standard InChI is InChI=1S/C18H22BrNO9/c19-7-1-2-9-8(3-7)11(4-20-9)28-18-16(25)14(23)12(6-27-18)29-17-15(24)13(22)10(21)5-26-17/h1-4,10,12-18,20-25H,5-6H2/t10-,12-,13+,14+,15-,16-,17+,18+/m1/s1. The topological polar surface area (TPSA) is 154 Å². The van der Waals surface area contributed by atoms with Gasteiger partial charge in [-0.1, -0.05) is 15.9 Å². The number of fused-ring (bicyclic) bond motifs is 1. The van der Waals surface area contributed by atoms with E-state index < -0.39 is 49.2 Å². The van der Waals surface area contributed by atoms with E-state index in [-0.39, 0.29) is 13.2 Å². The van der Waals surface area contributed by atoms with E-state index in [0.717, 1.165) is 15.4 Å². The number of aliphatic hydroxyl groups is 5. The molecule has 160 valence electrons. The summed E-state index contributed by atoms with van der Waals surface area (Å²) in [5, 5.41) is 50.8. The first-order valence-electron chi connectivity index (χ1n) is 9.07. The number of aliphatic hydroxyl groups excluding tert-OH is 5. The lowest BCUT2D eigenvalue weighted by Crippen LogP contribution is -2.60. The van der Waals surface area contributed by atoms with Crippen LogP contribution in [0.3, 0.4) is 0 Å². The number of benzene rings is 1. The fourth-order valence-electron chi connectivity index (χ4n) is 3.35. The van der Waals surface area contributed by atoms with Crippen LogP contribution in [-0.4, -0.2) is 92.9 Å². The summed E-state index contributed by atoms with van der Waals surface area (Å²) in [6, 6.07) is 5.59. The van der Waals surface area contributed by atoms with Crippen LogP contribution in [0.25, 0.3) is 10.9 Å². The molecule has 11 heteroatoms. The smallest absolute Gasteiger partial charge is 0.228 e. The summed E-state index contributed by atoms with van der Waals surface area (Å²) < 4.78 is 22.7. The third-order valence-corrected chi connectivity index (χ3v) is 5.54. The van der Waals surface area contributed by atoms with E-state index >= 15 is 0 Å². The van der Waals surface area contributed by atoms with Crippen LogP contribution in [0.15, 0.2) is 28.9 Å². The summed E-state index contributed by atoms with van der Waals surface area (Å²) in [4.78, 5) is 3.05. The van der Waals surface area contributed by atoms with Crippen LogP contribution in [0.4, 0.5) is 0 Å². The Bertz CT molecular complexity index is 848. The molecule has 2 aliphatic rings. The molecule has 0 radical (unpaired) electrons. The number of H-pyrrole nitrogens is 1. The molecule has 2 aromatic rings. The highest BCUT2D eigenvalue weighted by Crippen LogP contribution is 2.31. The average molecular weight is 476 g/mol. The van der Waals surface area contributed by atoms with Gasteiger partial charge in [-0.3, -0.25) is 0 Å².